The fraction of sp³-hybridized carbons (Fsp3) is 0.0612. The molecule has 9 nitrogen and oxygen atoms in total. The first kappa shape index (κ1) is 39.7. The van der Waals surface area contributed by atoms with Crippen molar-refractivity contribution in [2.24, 2.45) is 0 Å². The number of anilines is 3. The summed E-state index contributed by atoms with van der Waals surface area (Å²) >= 11 is 0. The first-order valence-corrected chi connectivity index (χ1v) is 18.4. The van der Waals surface area contributed by atoms with E-state index in [-0.39, 0.29) is 23.6 Å². The van der Waals surface area contributed by atoms with Gasteiger partial charge in [-0.05, 0) is 101 Å². The Bertz CT molecular complexity index is 2560. The Balaban J connectivity index is 0.000000230. The van der Waals surface area contributed by atoms with Crippen molar-refractivity contribution in [3.63, 3.8) is 0 Å². The van der Waals surface area contributed by atoms with E-state index in [4.69, 9.17) is 11.2 Å². The highest BCUT2D eigenvalue weighted by Gasteiger charge is 2.32. The normalized spacial score (nSPS) is 11.2. The van der Waals surface area contributed by atoms with Crippen LogP contribution in [-0.4, -0.2) is 42.3 Å². The lowest BCUT2D eigenvalue weighted by Gasteiger charge is -2.11. The van der Waals surface area contributed by atoms with Crippen LogP contribution in [0.15, 0.2) is 170 Å². The van der Waals surface area contributed by atoms with Crippen molar-refractivity contribution >= 4 is 51.5 Å². The van der Waals surface area contributed by atoms with E-state index < -0.39 is 0 Å². The van der Waals surface area contributed by atoms with Crippen molar-refractivity contribution in [3.8, 4) is 29.2 Å². The predicted molar refractivity (Wildman–Crippen MR) is 231 cm³/mol. The van der Waals surface area contributed by atoms with Crippen molar-refractivity contribution in [3.05, 3.63) is 192 Å². The van der Waals surface area contributed by atoms with Gasteiger partial charge < -0.3 is 20.7 Å². The van der Waals surface area contributed by atoms with Gasteiger partial charge in [-0.15, -0.1) is 6.42 Å². The molecule has 0 fully saturated rings. The zero-order valence-corrected chi connectivity index (χ0v) is 31.9. The largest absolute Gasteiger partial charge is 0.473 e. The zero-order valence-electron chi connectivity index (χ0n) is 31.9. The highest BCUT2D eigenvalue weighted by atomic mass is 16.5. The van der Waals surface area contributed by atoms with Gasteiger partial charge in [0, 0.05) is 42.2 Å². The number of para-hydroxylation sites is 1. The maximum Gasteiger partial charge on any atom is 0.261 e. The topological polar surface area (TPSA) is 117 Å². The minimum atomic E-state index is -0.290. The van der Waals surface area contributed by atoms with Crippen LogP contribution in [-0.2, 0) is 4.79 Å². The molecule has 1 heterocycles. The molecular weight excluding hydrogens is 725 g/mol. The maximum atomic E-state index is 12.6. The summed E-state index contributed by atoms with van der Waals surface area (Å²) in [5.74, 6) is 2.37. The fourth-order valence-electron chi connectivity index (χ4n) is 5.95. The van der Waals surface area contributed by atoms with Gasteiger partial charge in [0.25, 0.3) is 17.7 Å². The summed E-state index contributed by atoms with van der Waals surface area (Å²) in [7, 11) is 1.46. The molecule has 7 aromatic carbocycles. The van der Waals surface area contributed by atoms with Crippen molar-refractivity contribution < 1.29 is 23.9 Å². The molecule has 8 rings (SSSR count). The Kier molecular flexibility index (Phi) is 13.1. The van der Waals surface area contributed by atoms with Crippen LogP contribution >= 0.6 is 0 Å². The molecular formula is C49H40N4O5. The average Bonchev–Trinajstić information content (AvgIpc) is 3.47. The molecule has 0 bridgehead atoms. The van der Waals surface area contributed by atoms with Gasteiger partial charge >= 0.3 is 0 Å². The Morgan fingerprint density at radius 3 is 1.78 bits per heavy atom. The van der Waals surface area contributed by atoms with Gasteiger partial charge in [0.15, 0.2) is 6.73 Å². The molecule has 1 aliphatic heterocycles. The second-order valence-corrected chi connectivity index (χ2v) is 13.1. The van der Waals surface area contributed by atoms with E-state index in [9.17, 15) is 19.2 Å². The van der Waals surface area contributed by atoms with Crippen molar-refractivity contribution in [2.75, 3.05) is 29.7 Å². The van der Waals surface area contributed by atoms with E-state index in [1.54, 1.807) is 18.2 Å². The van der Waals surface area contributed by atoms with Gasteiger partial charge in [-0.2, -0.15) is 0 Å². The van der Waals surface area contributed by atoms with Crippen LogP contribution in [0.1, 0.15) is 43.6 Å². The summed E-state index contributed by atoms with van der Waals surface area (Å²) in [5.41, 5.74) is 6.67. The third kappa shape index (κ3) is 10.4. The van der Waals surface area contributed by atoms with E-state index in [2.05, 4.69) is 21.9 Å². The summed E-state index contributed by atoms with van der Waals surface area (Å²) in [4.78, 5) is 47.8. The van der Waals surface area contributed by atoms with Gasteiger partial charge in [-0.3, -0.25) is 24.1 Å². The van der Waals surface area contributed by atoms with Crippen LogP contribution in [0.5, 0.6) is 5.75 Å². The monoisotopic (exact) mass is 764 g/mol. The number of rotatable bonds is 8. The van der Waals surface area contributed by atoms with E-state index in [0.717, 1.165) is 49.6 Å². The quantitative estimate of drug-likeness (QED) is 0.0806. The van der Waals surface area contributed by atoms with Crippen molar-refractivity contribution in [2.45, 2.75) is 6.92 Å². The molecule has 0 unspecified atom stereocenters. The molecule has 4 amide bonds. The SMILES string of the molecule is C#Cc1ccc2c(c1)C(=O)N(C)C2=O.CC(=O)Nc1ccc(-c2ccc(NCOc3ccc4cc(C(=O)Nc5ccccc5)ccc4c3)cc2)cc1.c1ccccc1. The van der Waals surface area contributed by atoms with Crippen LogP contribution in [0.3, 0.4) is 0 Å². The molecule has 3 N–H and O–H groups in total. The number of hydrogen-bond donors (Lipinski definition) is 3. The molecule has 1 aliphatic rings. The summed E-state index contributed by atoms with van der Waals surface area (Å²) < 4.78 is 5.91. The Labute approximate surface area is 337 Å². The molecule has 0 saturated carbocycles. The summed E-state index contributed by atoms with van der Waals surface area (Å²) in [6.45, 7) is 1.81. The number of nitrogens with zero attached hydrogens (tertiary/aromatic N) is 1. The number of nitrogens with one attached hydrogen (secondary N) is 3. The highest BCUT2D eigenvalue weighted by Crippen LogP contribution is 2.26. The molecule has 0 spiro atoms. The number of fused-ring (bicyclic) bond motifs is 2. The number of carbonyl (C=O) groups is 4. The van der Waals surface area contributed by atoms with Crippen LogP contribution in [0.25, 0.3) is 21.9 Å². The number of carbonyl (C=O) groups excluding carboxylic acids is 4. The molecule has 9 heteroatoms. The Morgan fingerprint density at radius 1 is 0.603 bits per heavy atom. The molecule has 286 valence electrons. The molecule has 0 atom stereocenters. The smallest absolute Gasteiger partial charge is 0.261 e. The zero-order chi connectivity index (χ0) is 40.9. The van der Waals surface area contributed by atoms with Crippen molar-refractivity contribution in [1.82, 2.24) is 4.90 Å². The lowest BCUT2D eigenvalue weighted by molar-refractivity contribution is -0.114. The van der Waals surface area contributed by atoms with Crippen LogP contribution in [0.4, 0.5) is 17.1 Å². The number of terminal acetylenes is 1. The third-order valence-corrected chi connectivity index (χ3v) is 8.97. The highest BCUT2D eigenvalue weighted by molar-refractivity contribution is 6.21. The second kappa shape index (κ2) is 19.1. The molecule has 0 aromatic heterocycles. The standard InChI is InChI=1S/C32H27N3O3.C11H7NO2.C6H6/c1-22(36)34-30-16-11-24(12-17-30)23-9-14-28(15-10-23)33-21-38-31-18-13-25-19-27(8-7-26(25)20-31)32(37)35-29-5-3-2-4-6-29;1-3-7-4-5-8-9(6-7)11(14)12(2)10(8)13;1-2-4-6-5-3-1/h2-20,33H,21H2,1H3,(H,34,36)(H,35,37);1,4-6H,2H3;1-6H. The molecule has 0 radical (unpaired) electrons. The van der Waals surface area contributed by atoms with E-state index in [0.29, 0.717) is 29.0 Å². The lowest BCUT2D eigenvalue weighted by Crippen LogP contribution is -2.24. The number of benzene rings is 7. The van der Waals surface area contributed by atoms with Crippen LogP contribution in [0, 0.1) is 12.3 Å². The Hall–Kier alpha value is -7.96. The van der Waals surface area contributed by atoms with E-state index in [1.807, 2.05) is 152 Å². The first-order chi connectivity index (χ1) is 28.2. The lowest BCUT2D eigenvalue weighted by atomic mass is 10.1. The number of imide groups is 1. The van der Waals surface area contributed by atoms with Gasteiger partial charge in [-0.25, -0.2) is 0 Å². The summed E-state index contributed by atoms with van der Waals surface area (Å²) in [6, 6.07) is 53.5. The van der Waals surface area contributed by atoms with Crippen molar-refractivity contribution in [1.29, 1.82) is 0 Å². The van der Waals surface area contributed by atoms with Gasteiger partial charge in [0.2, 0.25) is 5.91 Å². The number of amides is 4. The fourth-order valence-corrected chi connectivity index (χ4v) is 5.95. The first-order valence-electron chi connectivity index (χ1n) is 18.4. The molecule has 7 aromatic rings. The van der Waals surface area contributed by atoms with E-state index >= 15 is 0 Å². The van der Waals surface area contributed by atoms with Gasteiger partial charge in [0.05, 0.1) is 11.1 Å². The summed E-state index contributed by atoms with van der Waals surface area (Å²) in [6.07, 6.45) is 5.20. The van der Waals surface area contributed by atoms with Gasteiger partial charge in [-0.1, -0.05) is 96.9 Å². The molecule has 58 heavy (non-hydrogen) atoms. The predicted octanol–water partition coefficient (Wildman–Crippen LogP) is 9.75. The minimum absolute atomic E-state index is 0.0863. The van der Waals surface area contributed by atoms with Crippen LogP contribution in [0.2, 0.25) is 0 Å². The van der Waals surface area contributed by atoms with Crippen LogP contribution < -0.4 is 20.7 Å². The van der Waals surface area contributed by atoms with Gasteiger partial charge in [0.1, 0.15) is 5.75 Å². The maximum absolute atomic E-state index is 12.6. The summed E-state index contributed by atoms with van der Waals surface area (Å²) in [5, 5.41) is 10.9. The third-order valence-electron chi connectivity index (χ3n) is 8.97. The molecule has 0 aliphatic carbocycles. The average molecular weight is 765 g/mol. The second-order valence-electron chi connectivity index (χ2n) is 13.1. The van der Waals surface area contributed by atoms with E-state index in [1.165, 1.54) is 14.0 Å². The Morgan fingerprint density at radius 2 is 1.16 bits per heavy atom. The number of hydrogen-bond acceptors (Lipinski definition) is 6. The number of ether oxygens (including phenoxy) is 1. The molecule has 0 saturated heterocycles. The minimum Gasteiger partial charge on any atom is -0.473 e.